The molecule has 3 rings (SSSR count). The summed E-state index contributed by atoms with van der Waals surface area (Å²) in [5.41, 5.74) is 4.64. The van der Waals surface area contributed by atoms with Crippen molar-refractivity contribution in [3.63, 3.8) is 0 Å². The van der Waals surface area contributed by atoms with Crippen molar-refractivity contribution >= 4 is 12.0 Å². The normalized spacial score (nSPS) is 11.8. The van der Waals surface area contributed by atoms with Gasteiger partial charge >= 0.3 is 0 Å². The zero-order valence-electron chi connectivity index (χ0n) is 16.7. The Bertz CT molecular complexity index is 786. The summed E-state index contributed by atoms with van der Waals surface area (Å²) in [5, 5.41) is 3.03. The molecule has 0 aliphatic carbocycles. The van der Waals surface area contributed by atoms with Crippen molar-refractivity contribution in [1.29, 1.82) is 0 Å². The first-order valence-corrected chi connectivity index (χ1v) is 9.70. The van der Waals surface area contributed by atoms with Gasteiger partial charge in [0.2, 0.25) is 0 Å². The second kappa shape index (κ2) is 11.2. The first-order chi connectivity index (χ1) is 13.2. The SMILES string of the molecule is CNC(C)C.O=CCCCCN1Cc2ccccc2C#Cc2ccccc21. The molecule has 0 spiro atoms. The van der Waals surface area contributed by atoms with Crippen LogP contribution in [0.2, 0.25) is 0 Å². The van der Waals surface area contributed by atoms with Crippen LogP contribution in [0.1, 0.15) is 49.8 Å². The number of carbonyl (C=O) groups is 1. The number of unbranched alkanes of at least 4 members (excludes halogenated alkanes) is 2. The molecule has 0 bridgehead atoms. The minimum atomic E-state index is 0.634. The van der Waals surface area contributed by atoms with Gasteiger partial charge < -0.3 is 15.0 Å². The molecule has 0 saturated heterocycles. The number of carbonyl (C=O) groups excluding carboxylic acids is 1. The summed E-state index contributed by atoms with van der Waals surface area (Å²) in [6.45, 7) is 6.03. The van der Waals surface area contributed by atoms with Crippen LogP contribution in [-0.2, 0) is 11.3 Å². The summed E-state index contributed by atoms with van der Waals surface area (Å²) in [7, 11) is 1.95. The maximum atomic E-state index is 10.5. The van der Waals surface area contributed by atoms with Gasteiger partial charge in [0.1, 0.15) is 6.29 Å². The van der Waals surface area contributed by atoms with Crippen molar-refractivity contribution in [2.75, 3.05) is 18.5 Å². The van der Waals surface area contributed by atoms with Crippen LogP contribution in [0.15, 0.2) is 48.5 Å². The van der Waals surface area contributed by atoms with Crippen LogP contribution < -0.4 is 10.2 Å². The molecule has 1 aliphatic heterocycles. The van der Waals surface area contributed by atoms with E-state index in [9.17, 15) is 4.79 Å². The number of benzene rings is 2. The molecule has 2 aromatic carbocycles. The van der Waals surface area contributed by atoms with Crippen molar-refractivity contribution in [3.05, 3.63) is 65.2 Å². The van der Waals surface area contributed by atoms with Gasteiger partial charge in [-0.05, 0) is 43.7 Å². The van der Waals surface area contributed by atoms with Crippen molar-refractivity contribution < 1.29 is 4.79 Å². The fraction of sp³-hybridized carbons (Fsp3) is 0.375. The predicted molar refractivity (Wildman–Crippen MR) is 114 cm³/mol. The van der Waals surface area contributed by atoms with Gasteiger partial charge in [-0.15, -0.1) is 0 Å². The molecular formula is C24H30N2O. The Morgan fingerprint density at radius 1 is 1.04 bits per heavy atom. The molecule has 0 saturated carbocycles. The molecule has 0 fully saturated rings. The smallest absolute Gasteiger partial charge is 0.119 e. The topological polar surface area (TPSA) is 32.3 Å². The largest absolute Gasteiger partial charge is 0.366 e. The molecule has 0 atom stereocenters. The summed E-state index contributed by atoms with van der Waals surface area (Å²) in [5.74, 6) is 6.60. The Hall–Kier alpha value is -2.57. The number of hydrogen-bond acceptors (Lipinski definition) is 3. The lowest BCUT2D eigenvalue weighted by Gasteiger charge is -2.27. The van der Waals surface area contributed by atoms with E-state index in [4.69, 9.17) is 0 Å². The molecule has 0 amide bonds. The van der Waals surface area contributed by atoms with Crippen molar-refractivity contribution in [2.24, 2.45) is 0 Å². The third-order valence-corrected chi connectivity index (χ3v) is 4.53. The predicted octanol–water partition coefficient (Wildman–Crippen LogP) is 4.39. The van der Waals surface area contributed by atoms with E-state index in [2.05, 4.69) is 72.3 Å². The van der Waals surface area contributed by atoms with Gasteiger partial charge in [0.15, 0.2) is 0 Å². The lowest BCUT2D eigenvalue weighted by atomic mass is 10.0. The lowest BCUT2D eigenvalue weighted by Crippen LogP contribution is -2.25. The van der Waals surface area contributed by atoms with E-state index < -0.39 is 0 Å². The summed E-state index contributed by atoms with van der Waals surface area (Å²) in [6.07, 6.45) is 3.60. The molecule has 2 aromatic rings. The average molecular weight is 363 g/mol. The van der Waals surface area contributed by atoms with Gasteiger partial charge in [-0.25, -0.2) is 0 Å². The Labute approximate surface area is 163 Å². The number of hydrogen-bond donors (Lipinski definition) is 1. The molecule has 0 aromatic heterocycles. The molecule has 1 N–H and O–H groups in total. The quantitative estimate of drug-likeness (QED) is 0.470. The molecule has 1 aliphatic rings. The number of aldehydes is 1. The number of nitrogens with zero attached hydrogens (tertiary/aromatic N) is 1. The van der Waals surface area contributed by atoms with Crippen LogP contribution in [0, 0.1) is 11.8 Å². The molecule has 3 nitrogen and oxygen atoms in total. The second-order valence-corrected chi connectivity index (χ2v) is 6.95. The van der Waals surface area contributed by atoms with Gasteiger partial charge in [-0.1, -0.05) is 56.0 Å². The molecular weight excluding hydrogens is 332 g/mol. The van der Waals surface area contributed by atoms with Crippen LogP contribution in [0.25, 0.3) is 0 Å². The number of rotatable bonds is 6. The Morgan fingerprint density at radius 2 is 1.67 bits per heavy atom. The molecule has 142 valence electrons. The maximum Gasteiger partial charge on any atom is 0.119 e. The Balaban J connectivity index is 0.000000465. The van der Waals surface area contributed by atoms with Crippen LogP contribution >= 0.6 is 0 Å². The van der Waals surface area contributed by atoms with E-state index in [0.29, 0.717) is 12.5 Å². The number of anilines is 1. The Kier molecular flexibility index (Phi) is 8.61. The summed E-state index contributed by atoms with van der Waals surface area (Å²) in [4.78, 5) is 12.9. The zero-order chi connectivity index (χ0) is 19.5. The minimum absolute atomic E-state index is 0.634. The minimum Gasteiger partial charge on any atom is -0.366 e. The van der Waals surface area contributed by atoms with Crippen LogP contribution in [0.5, 0.6) is 0 Å². The number of para-hydroxylation sites is 1. The van der Waals surface area contributed by atoms with Crippen LogP contribution in [-0.4, -0.2) is 25.9 Å². The van der Waals surface area contributed by atoms with Gasteiger partial charge in [-0.3, -0.25) is 0 Å². The highest BCUT2D eigenvalue weighted by atomic mass is 16.1. The van der Waals surface area contributed by atoms with Crippen molar-refractivity contribution in [1.82, 2.24) is 5.32 Å². The highest BCUT2D eigenvalue weighted by molar-refractivity contribution is 5.64. The summed E-state index contributed by atoms with van der Waals surface area (Å²) in [6, 6.07) is 17.3. The van der Waals surface area contributed by atoms with E-state index in [1.165, 1.54) is 11.3 Å². The van der Waals surface area contributed by atoms with E-state index >= 15 is 0 Å². The Morgan fingerprint density at radius 3 is 2.37 bits per heavy atom. The van der Waals surface area contributed by atoms with E-state index in [-0.39, 0.29) is 0 Å². The van der Waals surface area contributed by atoms with Gasteiger partial charge in [0, 0.05) is 36.7 Å². The van der Waals surface area contributed by atoms with Crippen LogP contribution in [0.3, 0.4) is 0 Å². The molecule has 27 heavy (non-hydrogen) atoms. The standard InChI is InChI=1S/C20H19NO.C4H11N/c22-15-7-1-6-14-21-16-19-10-3-2-8-17(19)12-13-18-9-4-5-11-20(18)21;1-4(2)5-3/h2-5,8-11,15H,1,6-7,14,16H2;4-5H,1-3H3. The molecule has 0 radical (unpaired) electrons. The van der Waals surface area contributed by atoms with Gasteiger partial charge in [0.25, 0.3) is 0 Å². The van der Waals surface area contributed by atoms with E-state index in [1.54, 1.807) is 0 Å². The van der Waals surface area contributed by atoms with Gasteiger partial charge in [0.05, 0.1) is 5.69 Å². The van der Waals surface area contributed by atoms with E-state index in [0.717, 1.165) is 43.3 Å². The fourth-order valence-corrected chi connectivity index (χ4v) is 2.79. The number of fused-ring (bicyclic) bond motifs is 2. The summed E-state index contributed by atoms with van der Waals surface area (Å²) >= 11 is 0. The average Bonchev–Trinajstić information content (AvgIpc) is 2.68. The fourth-order valence-electron chi connectivity index (χ4n) is 2.79. The molecule has 3 heteroatoms. The zero-order valence-corrected chi connectivity index (χ0v) is 16.7. The third-order valence-electron chi connectivity index (χ3n) is 4.53. The summed E-state index contributed by atoms with van der Waals surface area (Å²) < 4.78 is 0. The van der Waals surface area contributed by atoms with Crippen molar-refractivity contribution in [3.8, 4) is 11.8 Å². The van der Waals surface area contributed by atoms with E-state index in [1.807, 2.05) is 19.2 Å². The molecule has 0 unspecified atom stereocenters. The van der Waals surface area contributed by atoms with Gasteiger partial charge in [-0.2, -0.15) is 0 Å². The third kappa shape index (κ3) is 6.58. The second-order valence-electron chi connectivity index (χ2n) is 6.95. The first kappa shape index (κ1) is 20.7. The maximum absolute atomic E-state index is 10.5. The lowest BCUT2D eigenvalue weighted by molar-refractivity contribution is -0.107. The molecule has 1 heterocycles. The highest BCUT2D eigenvalue weighted by Gasteiger charge is 2.14. The first-order valence-electron chi connectivity index (χ1n) is 9.70. The highest BCUT2D eigenvalue weighted by Crippen LogP contribution is 2.25. The number of nitrogens with one attached hydrogen (secondary N) is 1. The van der Waals surface area contributed by atoms with Crippen molar-refractivity contribution in [2.45, 2.75) is 45.7 Å². The monoisotopic (exact) mass is 362 g/mol. The van der Waals surface area contributed by atoms with Crippen LogP contribution in [0.4, 0.5) is 5.69 Å².